The van der Waals surface area contributed by atoms with Gasteiger partial charge in [-0.25, -0.2) is 25.3 Å². The van der Waals surface area contributed by atoms with Gasteiger partial charge in [-0.2, -0.15) is 0 Å². The second-order valence-corrected chi connectivity index (χ2v) is 11.0. The van der Waals surface area contributed by atoms with Crippen molar-refractivity contribution in [3.63, 3.8) is 0 Å². The van der Waals surface area contributed by atoms with E-state index in [4.69, 9.17) is 0 Å². The Balaban J connectivity index is 0.00000171. The van der Waals surface area contributed by atoms with Crippen LogP contribution >= 0.6 is 0 Å². The second-order valence-electron chi connectivity index (χ2n) is 6.30. The molecule has 0 aliphatic carbocycles. The molecule has 4 rings (SSSR count). The van der Waals surface area contributed by atoms with Crippen molar-refractivity contribution in [1.29, 1.82) is 0 Å². The topological polar surface area (TPSA) is 149 Å². The largest absolute Gasteiger partial charge is 1.00 e. The molecule has 1 heterocycles. The number of fused-ring (bicyclic) bond motifs is 3. The first-order chi connectivity index (χ1) is 13.4. The molecule has 0 radical (unpaired) electrons. The predicted molar refractivity (Wildman–Crippen MR) is 98.7 cm³/mol. The van der Waals surface area contributed by atoms with Crippen LogP contribution in [0.5, 0.6) is 0 Å². The SMILES string of the molecule is O=S(=O)([O-])c1ccc(-c2ccc3c(c2)S(=O)(=O)c2cc(S(=O)(=O)[O-])ccc2-3)cc1.[Na+].[Na+]. The van der Waals surface area contributed by atoms with Crippen molar-refractivity contribution in [1.82, 2.24) is 0 Å². The van der Waals surface area contributed by atoms with E-state index in [0.29, 0.717) is 16.7 Å². The van der Waals surface area contributed by atoms with E-state index in [9.17, 15) is 34.4 Å². The zero-order valence-corrected chi connectivity index (χ0v) is 22.7. The van der Waals surface area contributed by atoms with Crippen LogP contribution in [-0.2, 0) is 30.1 Å². The monoisotopic (exact) mass is 496 g/mol. The smallest absolute Gasteiger partial charge is 0.744 e. The summed E-state index contributed by atoms with van der Waals surface area (Å²) in [6.07, 6.45) is 0. The number of rotatable bonds is 3. The normalized spacial score (nSPS) is 14.0. The van der Waals surface area contributed by atoms with Crippen molar-refractivity contribution in [3.8, 4) is 22.3 Å². The third-order valence-electron chi connectivity index (χ3n) is 4.57. The summed E-state index contributed by atoms with van der Waals surface area (Å²) in [6, 6.07) is 12.7. The van der Waals surface area contributed by atoms with Crippen LogP contribution in [0.4, 0.5) is 0 Å². The average molecular weight is 496 g/mol. The molecule has 31 heavy (non-hydrogen) atoms. The molecule has 0 unspecified atom stereocenters. The van der Waals surface area contributed by atoms with E-state index in [1.54, 1.807) is 6.07 Å². The summed E-state index contributed by atoms with van der Waals surface area (Å²) >= 11 is 0. The maximum absolute atomic E-state index is 12.9. The van der Waals surface area contributed by atoms with E-state index < -0.39 is 39.9 Å². The first-order valence-electron chi connectivity index (χ1n) is 7.95. The minimum atomic E-state index is -4.82. The first kappa shape index (κ1) is 26.7. The zero-order chi connectivity index (χ0) is 21.2. The molecular formula is C18H10Na2O8S3. The van der Waals surface area contributed by atoms with E-state index in [1.165, 1.54) is 30.3 Å². The Labute approximate surface area is 223 Å². The van der Waals surface area contributed by atoms with Crippen LogP contribution in [0.1, 0.15) is 0 Å². The Bertz CT molecular complexity index is 1500. The maximum Gasteiger partial charge on any atom is 1.00 e. The average Bonchev–Trinajstić information content (AvgIpc) is 2.87. The summed E-state index contributed by atoms with van der Waals surface area (Å²) in [5.41, 5.74) is 1.57. The summed E-state index contributed by atoms with van der Waals surface area (Å²) in [6.45, 7) is 0. The van der Waals surface area contributed by atoms with Gasteiger partial charge < -0.3 is 9.11 Å². The van der Waals surface area contributed by atoms with Crippen LogP contribution in [0, 0.1) is 0 Å². The summed E-state index contributed by atoms with van der Waals surface area (Å²) in [7, 11) is -13.5. The molecule has 0 fully saturated rings. The van der Waals surface area contributed by atoms with E-state index >= 15 is 0 Å². The third kappa shape index (κ3) is 4.87. The fourth-order valence-electron chi connectivity index (χ4n) is 3.18. The van der Waals surface area contributed by atoms with Gasteiger partial charge in [-0.15, -0.1) is 0 Å². The van der Waals surface area contributed by atoms with Gasteiger partial charge in [0.1, 0.15) is 20.2 Å². The number of sulfone groups is 1. The molecule has 0 spiro atoms. The Kier molecular flexibility index (Phi) is 7.74. The van der Waals surface area contributed by atoms with Crippen molar-refractivity contribution in [2.75, 3.05) is 0 Å². The number of benzene rings is 3. The van der Waals surface area contributed by atoms with Crippen molar-refractivity contribution in [2.45, 2.75) is 19.6 Å². The molecule has 0 saturated heterocycles. The molecule has 13 heteroatoms. The second kappa shape index (κ2) is 8.99. The van der Waals surface area contributed by atoms with Gasteiger partial charge in [0.2, 0.25) is 9.84 Å². The van der Waals surface area contributed by atoms with Crippen molar-refractivity contribution >= 4 is 30.1 Å². The molecule has 1 aliphatic rings. The quantitative estimate of drug-likeness (QED) is 0.206. The number of hydrogen-bond acceptors (Lipinski definition) is 8. The van der Waals surface area contributed by atoms with Crippen LogP contribution in [-0.4, -0.2) is 34.4 Å². The minimum absolute atomic E-state index is 0. The fourth-order valence-corrected chi connectivity index (χ4v) is 5.96. The summed E-state index contributed by atoms with van der Waals surface area (Å²) in [5.74, 6) is 0. The van der Waals surface area contributed by atoms with Crippen LogP contribution in [0.25, 0.3) is 22.3 Å². The summed E-state index contributed by atoms with van der Waals surface area (Å²) < 4.78 is 92.7. The van der Waals surface area contributed by atoms with Gasteiger partial charge in [-0.3, -0.25) is 0 Å². The van der Waals surface area contributed by atoms with Crippen LogP contribution in [0.3, 0.4) is 0 Å². The maximum atomic E-state index is 12.9. The van der Waals surface area contributed by atoms with Gasteiger partial charge in [0, 0.05) is 11.1 Å². The van der Waals surface area contributed by atoms with Gasteiger partial charge in [0.15, 0.2) is 0 Å². The van der Waals surface area contributed by atoms with E-state index in [0.717, 1.165) is 24.3 Å². The molecule has 0 aromatic heterocycles. The third-order valence-corrected chi connectivity index (χ3v) is 8.08. The van der Waals surface area contributed by atoms with Gasteiger partial charge in [-0.1, -0.05) is 30.3 Å². The Morgan fingerprint density at radius 1 is 0.581 bits per heavy atom. The van der Waals surface area contributed by atoms with Crippen LogP contribution in [0.15, 0.2) is 80.2 Å². The molecule has 0 bridgehead atoms. The summed E-state index contributed by atoms with van der Waals surface area (Å²) in [5, 5.41) is 0. The molecule has 0 atom stereocenters. The number of hydrogen-bond donors (Lipinski definition) is 0. The molecule has 3 aromatic carbocycles. The zero-order valence-electron chi connectivity index (χ0n) is 16.3. The van der Waals surface area contributed by atoms with Gasteiger partial charge in [0.05, 0.1) is 19.6 Å². The van der Waals surface area contributed by atoms with Crippen molar-refractivity contribution in [3.05, 3.63) is 60.7 Å². The van der Waals surface area contributed by atoms with Gasteiger partial charge >= 0.3 is 59.1 Å². The Morgan fingerprint density at radius 2 is 1.00 bits per heavy atom. The molecule has 0 saturated carbocycles. The van der Waals surface area contributed by atoms with Crippen molar-refractivity contribution in [2.24, 2.45) is 0 Å². The van der Waals surface area contributed by atoms with E-state index in [2.05, 4.69) is 0 Å². The van der Waals surface area contributed by atoms with Crippen LogP contribution in [0.2, 0.25) is 0 Å². The Morgan fingerprint density at radius 3 is 1.52 bits per heavy atom. The molecule has 0 amide bonds. The minimum Gasteiger partial charge on any atom is -0.744 e. The predicted octanol–water partition coefficient (Wildman–Crippen LogP) is -4.02. The molecule has 1 aliphatic heterocycles. The molecular weight excluding hydrogens is 486 g/mol. The van der Waals surface area contributed by atoms with Crippen molar-refractivity contribution < 1.29 is 93.5 Å². The molecule has 8 nitrogen and oxygen atoms in total. The summed E-state index contributed by atoms with van der Waals surface area (Å²) in [4.78, 5) is -1.38. The van der Waals surface area contributed by atoms with E-state index in [1.807, 2.05) is 0 Å². The molecule has 0 N–H and O–H groups in total. The van der Waals surface area contributed by atoms with Crippen LogP contribution < -0.4 is 59.1 Å². The standard InChI is InChI=1S/C18H12O8S3.2Na/c19-27(20)17-9-12(11-1-4-13(5-2-11)28(21,22)23)3-7-15(17)16-8-6-14(10-18(16)27)29(24,25)26;;/h1-10H,(H,21,22,23)(H,24,25,26);;/q;2*+1/p-2. The molecule has 150 valence electrons. The molecule has 3 aromatic rings. The Hall–Kier alpha value is -0.570. The van der Waals surface area contributed by atoms with Gasteiger partial charge in [-0.05, 0) is 41.5 Å². The van der Waals surface area contributed by atoms with Gasteiger partial charge in [0.25, 0.3) is 0 Å². The first-order valence-corrected chi connectivity index (χ1v) is 12.2. The van der Waals surface area contributed by atoms with E-state index in [-0.39, 0.29) is 74.5 Å². The fraction of sp³-hybridized carbons (Fsp3) is 0.